The molecule has 0 saturated heterocycles. The van der Waals surface area contributed by atoms with Gasteiger partial charge in [0, 0.05) is 18.0 Å². The SMILES string of the molecule is OC(COc1ccccc1Cl)(c1cccnc1)C1(Cl)CC1. The third kappa shape index (κ3) is 2.73. The summed E-state index contributed by atoms with van der Waals surface area (Å²) < 4.78 is 5.73. The number of aliphatic hydroxyl groups is 1. The van der Waals surface area contributed by atoms with E-state index in [4.69, 9.17) is 27.9 Å². The molecule has 0 aliphatic heterocycles. The monoisotopic (exact) mass is 323 g/mol. The summed E-state index contributed by atoms with van der Waals surface area (Å²) in [6, 6.07) is 10.8. The van der Waals surface area contributed by atoms with Gasteiger partial charge in [-0.1, -0.05) is 29.8 Å². The van der Waals surface area contributed by atoms with Crippen molar-refractivity contribution in [2.75, 3.05) is 6.61 Å². The van der Waals surface area contributed by atoms with Crippen molar-refractivity contribution in [1.82, 2.24) is 4.98 Å². The first-order valence-electron chi connectivity index (χ1n) is 6.74. The van der Waals surface area contributed by atoms with E-state index in [1.807, 2.05) is 18.2 Å². The Balaban J connectivity index is 1.86. The first-order chi connectivity index (χ1) is 10.1. The topological polar surface area (TPSA) is 42.4 Å². The number of nitrogens with zero attached hydrogens (tertiary/aromatic N) is 1. The molecule has 1 aromatic heterocycles. The first kappa shape index (κ1) is 14.6. The van der Waals surface area contributed by atoms with Gasteiger partial charge in [0.2, 0.25) is 0 Å². The maximum Gasteiger partial charge on any atom is 0.144 e. The van der Waals surface area contributed by atoms with Crippen molar-refractivity contribution in [1.29, 1.82) is 0 Å². The molecule has 3 rings (SSSR count). The minimum absolute atomic E-state index is 0.0337. The molecule has 5 heteroatoms. The minimum Gasteiger partial charge on any atom is -0.489 e. The van der Waals surface area contributed by atoms with Gasteiger partial charge in [0.1, 0.15) is 18.0 Å². The van der Waals surface area contributed by atoms with Gasteiger partial charge in [-0.15, -0.1) is 11.6 Å². The summed E-state index contributed by atoms with van der Waals surface area (Å²) in [6.45, 7) is 0.0337. The molecule has 1 saturated carbocycles. The Morgan fingerprint density at radius 2 is 2.00 bits per heavy atom. The molecule has 110 valence electrons. The van der Waals surface area contributed by atoms with Gasteiger partial charge in [-0.2, -0.15) is 0 Å². The van der Waals surface area contributed by atoms with Crippen LogP contribution in [0.3, 0.4) is 0 Å². The molecule has 1 N–H and O–H groups in total. The Morgan fingerprint density at radius 1 is 1.24 bits per heavy atom. The van der Waals surface area contributed by atoms with Crippen LogP contribution in [0.5, 0.6) is 5.75 Å². The lowest BCUT2D eigenvalue weighted by atomic mass is 9.90. The van der Waals surface area contributed by atoms with Crippen LogP contribution in [0.25, 0.3) is 0 Å². The van der Waals surface area contributed by atoms with E-state index in [9.17, 15) is 5.11 Å². The highest BCUT2D eigenvalue weighted by Crippen LogP contribution is 2.55. The molecule has 1 aliphatic rings. The van der Waals surface area contributed by atoms with Gasteiger partial charge in [-0.3, -0.25) is 4.98 Å². The molecule has 0 spiro atoms. The lowest BCUT2D eigenvalue weighted by molar-refractivity contribution is -0.0205. The predicted octanol–water partition coefficient (Wildman–Crippen LogP) is 3.77. The van der Waals surface area contributed by atoms with Crippen molar-refractivity contribution in [3.63, 3.8) is 0 Å². The number of aromatic nitrogens is 1. The second-order valence-corrected chi connectivity index (χ2v) is 6.42. The number of alkyl halides is 1. The second-order valence-electron chi connectivity index (χ2n) is 5.29. The van der Waals surface area contributed by atoms with E-state index in [0.717, 1.165) is 12.8 Å². The van der Waals surface area contributed by atoms with Gasteiger partial charge in [-0.25, -0.2) is 0 Å². The number of halogens is 2. The van der Waals surface area contributed by atoms with Crippen LogP contribution in [-0.2, 0) is 5.60 Å². The molecule has 1 unspecified atom stereocenters. The smallest absolute Gasteiger partial charge is 0.144 e. The molecule has 3 nitrogen and oxygen atoms in total. The average molecular weight is 324 g/mol. The highest BCUT2D eigenvalue weighted by Gasteiger charge is 2.59. The quantitative estimate of drug-likeness (QED) is 0.851. The van der Waals surface area contributed by atoms with Crippen molar-refractivity contribution in [3.8, 4) is 5.75 Å². The summed E-state index contributed by atoms with van der Waals surface area (Å²) in [5.41, 5.74) is -0.633. The van der Waals surface area contributed by atoms with E-state index in [1.165, 1.54) is 0 Å². The lowest BCUT2D eigenvalue weighted by Gasteiger charge is -2.33. The summed E-state index contributed by atoms with van der Waals surface area (Å²) in [4.78, 5) is 3.37. The van der Waals surface area contributed by atoms with Crippen molar-refractivity contribution in [2.24, 2.45) is 0 Å². The highest BCUT2D eigenvalue weighted by molar-refractivity contribution is 6.32. The molecule has 0 amide bonds. The van der Waals surface area contributed by atoms with Crippen molar-refractivity contribution < 1.29 is 9.84 Å². The van der Waals surface area contributed by atoms with E-state index in [0.29, 0.717) is 16.3 Å². The largest absolute Gasteiger partial charge is 0.489 e. The number of pyridine rings is 1. The first-order valence-corrected chi connectivity index (χ1v) is 7.50. The maximum atomic E-state index is 11.1. The van der Waals surface area contributed by atoms with Crippen molar-refractivity contribution in [2.45, 2.75) is 23.3 Å². The Morgan fingerprint density at radius 3 is 2.62 bits per heavy atom. The maximum absolute atomic E-state index is 11.1. The Hall–Kier alpha value is -1.29. The van der Waals surface area contributed by atoms with Gasteiger partial charge < -0.3 is 9.84 Å². The predicted molar refractivity (Wildman–Crippen MR) is 82.9 cm³/mol. The number of benzene rings is 1. The molecular weight excluding hydrogens is 309 g/mol. The van der Waals surface area contributed by atoms with Crippen LogP contribution in [0.2, 0.25) is 5.02 Å². The van der Waals surface area contributed by atoms with E-state index in [1.54, 1.807) is 30.6 Å². The minimum atomic E-state index is -1.29. The zero-order valence-corrected chi connectivity index (χ0v) is 12.8. The van der Waals surface area contributed by atoms with Crippen LogP contribution >= 0.6 is 23.2 Å². The summed E-state index contributed by atoms with van der Waals surface area (Å²) in [5, 5.41) is 11.6. The molecule has 2 aromatic rings. The van der Waals surface area contributed by atoms with E-state index in [-0.39, 0.29) is 6.61 Å². The van der Waals surface area contributed by atoms with Crippen molar-refractivity contribution >= 4 is 23.2 Å². The Labute approximate surface area is 133 Å². The number of ether oxygens (including phenoxy) is 1. The molecule has 1 aliphatic carbocycles. The Kier molecular flexibility index (Phi) is 3.82. The number of hydrogen-bond donors (Lipinski definition) is 1. The molecule has 1 atom stereocenters. The third-order valence-electron chi connectivity index (χ3n) is 3.84. The summed E-state index contributed by atoms with van der Waals surface area (Å²) in [6.07, 6.45) is 4.77. The van der Waals surface area contributed by atoms with Gasteiger partial charge >= 0.3 is 0 Å². The molecule has 0 bridgehead atoms. The van der Waals surface area contributed by atoms with Crippen LogP contribution < -0.4 is 4.74 Å². The van der Waals surface area contributed by atoms with Crippen LogP contribution in [0.1, 0.15) is 18.4 Å². The molecule has 1 heterocycles. The molecule has 21 heavy (non-hydrogen) atoms. The van der Waals surface area contributed by atoms with E-state index < -0.39 is 10.5 Å². The van der Waals surface area contributed by atoms with Gasteiger partial charge in [-0.05, 0) is 31.0 Å². The van der Waals surface area contributed by atoms with Crippen LogP contribution in [0.15, 0.2) is 48.8 Å². The van der Waals surface area contributed by atoms with E-state index >= 15 is 0 Å². The zero-order valence-electron chi connectivity index (χ0n) is 11.3. The summed E-state index contributed by atoms with van der Waals surface area (Å²) in [5.74, 6) is 0.530. The normalized spacial score (nSPS) is 18.8. The second kappa shape index (κ2) is 5.48. The standard InChI is InChI=1S/C16H15Cl2NO2/c17-13-5-1-2-6-14(13)21-11-16(20,15(18)7-8-15)12-4-3-9-19-10-12/h1-6,9-10,20H,7-8,11H2. The summed E-state index contributed by atoms with van der Waals surface area (Å²) in [7, 11) is 0. The van der Waals surface area contributed by atoms with E-state index in [2.05, 4.69) is 4.98 Å². The van der Waals surface area contributed by atoms with Crippen LogP contribution in [0.4, 0.5) is 0 Å². The number of hydrogen-bond acceptors (Lipinski definition) is 3. The average Bonchev–Trinajstić information content (AvgIpc) is 3.26. The lowest BCUT2D eigenvalue weighted by Crippen LogP contribution is -2.43. The molecular formula is C16H15Cl2NO2. The number of para-hydroxylation sites is 1. The van der Waals surface area contributed by atoms with Crippen LogP contribution in [0, 0.1) is 0 Å². The molecule has 0 radical (unpaired) electrons. The summed E-state index contributed by atoms with van der Waals surface area (Å²) >= 11 is 12.6. The van der Waals surface area contributed by atoms with Gasteiger partial charge in [0.05, 0.1) is 9.90 Å². The molecule has 1 aromatic carbocycles. The fourth-order valence-electron chi connectivity index (χ4n) is 2.35. The Bertz CT molecular complexity index is 631. The highest BCUT2D eigenvalue weighted by atomic mass is 35.5. The van der Waals surface area contributed by atoms with Gasteiger partial charge in [0.25, 0.3) is 0 Å². The zero-order chi connectivity index (χ0) is 14.9. The molecule has 1 fully saturated rings. The van der Waals surface area contributed by atoms with Crippen molar-refractivity contribution in [3.05, 3.63) is 59.4 Å². The fourth-order valence-corrected chi connectivity index (χ4v) is 2.79. The third-order valence-corrected chi connectivity index (χ3v) is 4.85. The number of rotatable bonds is 5. The fraction of sp³-hybridized carbons (Fsp3) is 0.312. The van der Waals surface area contributed by atoms with Crippen LogP contribution in [-0.4, -0.2) is 21.6 Å². The van der Waals surface area contributed by atoms with Gasteiger partial charge in [0.15, 0.2) is 0 Å².